The highest BCUT2D eigenvalue weighted by atomic mass is 35.5. The minimum absolute atomic E-state index is 0.0581. The molecule has 3 N–H and O–H groups in total. The lowest BCUT2D eigenvalue weighted by Crippen LogP contribution is -2.46. The van der Waals surface area contributed by atoms with E-state index in [1.54, 1.807) is 18.2 Å². The van der Waals surface area contributed by atoms with Crippen molar-refractivity contribution in [1.29, 1.82) is 0 Å². The summed E-state index contributed by atoms with van der Waals surface area (Å²) in [5.41, 5.74) is -0.124. The van der Waals surface area contributed by atoms with Gasteiger partial charge in [-0.05, 0) is 45.7 Å². The molecule has 2 heterocycles. The molecular weight excluding hydrogens is 469 g/mol. The molecule has 0 saturated carbocycles. The molecule has 11 heteroatoms. The van der Waals surface area contributed by atoms with E-state index in [1.165, 1.54) is 6.20 Å². The van der Waals surface area contributed by atoms with Gasteiger partial charge in [-0.25, -0.2) is 0 Å². The molecule has 178 valence electrons. The summed E-state index contributed by atoms with van der Waals surface area (Å²) in [5.74, 6) is -1.22. The van der Waals surface area contributed by atoms with Gasteiger partial charge in [0.25, 0.3) is 11.8 Å². The van der Waals surface area contributed by atoms with Gasteiger partial charge in [0.05, 0.1) is 27.8 Å². The highest BCUT2D eigenvalue weighted by Crippen LogP contribution is 2.26. The van der Waals surface area contributed by atoms with Crippen LogP contribution in [0.4, 0.5) is 5.69 Å². The number of piperidine rings is 1. The number of benzene rings is 1. The number of likely N-dealkylation sites (tertiary alicyclic amines) is 1. The summed E-state index contributed by atoms with van der Waals surface area (Å²) in [6, 6.07) is 4.67. The van der Waals surface area contributed by atoms with Gasteiger partial charge in [0.15, 0.2) is 5.69 Å². The third-order valence-corrected chi connectivity index (χ3v) is 5.62. The van der Waals surface area contributed by atoms with Crippen molar-refractivity contribution >= 4 is 46.7 Å². The van der Waals surface area contributed by atoms with Gasteiger partial charge in [-0.3, -0.25) is 24.4 Å². The van der Waals surface area contributed by atoms with Crippen LogP contribution < -0.4 is 10.6 Å². The van der Waals surface area contributed by atoms with Crippen LogP contribution in [0.15, 0.2) is 24.4 Å². The van der Waals surface area contributed by atoms with Crippen LogP contribution >= 0.6 is 23.2 Å². The normalized spacial score (nSPS) is 15.2. The first-order valence-corrected chi connectivity index (χ1v) is 11.3. The van der Waals surface area contributed by atoms with Crippen molar-refractivity contribution in [3.63, 3.8) is 0 Å². The maximum Gasteiger partial charge on any atom is 0.320 e. The third kappa shape index (κ3) is 6.93. The summed E-state index contributed by atoms with van der Waals surface area (Å²) >= 11 is 12.2. The van der Waals surface area contributed by atoms with Crippen LogP contribution in [-0.4, -0.2) is 64.2 Å². The molecule has 0 atom stereocenters. The Balaban J connectivity index is 1.54. The second kappa shape index (κ2) is 10.5. The van der Waals surface area contributed by atoms with Crippen LogP contribution in [0.5, 0.6) is 0 Å². The number of halogens is 2. The van der Waals surface area contributed by atoms with Crippen molar-refractivity contribution in [2.75, 3.05) is 25.0 Å². The number of nitrogens with one attached hydrogen (secondary N) is 3. The lowest BCUT2D eigenvalue weighted by Gasteiger charge is -2.32. The summed E-state index contributed by atoms with van der Waals surface area (Å²) in [6.45, 7) is 7.03. The van der Waals surface area contributed by atoms with Gasteiger partial charge in [0.2, 0.25) is 0 Å². The molecule has 1 aliphatic heterocycles. The molecule has 2 aromatic rings. The van der Waals surface area contributed by atoms with Crippen molar-refractivity contribution in [2.45, 2.75) is 45.3 Å². The van der Waals surface area contributed by atoms with Crippen LogP contribution in [0.25, 0.3) is 0 Å². The fraction of sp³-hybridized carbons (Fsp3) is 0.455. The monoisotopic (exact) mass is 495 g/mol. The number of rotatable bonds is 6. The summed E-state index contributed by atoms with van der Waals surface area (Å²) in [7, 11) is 0. The Bertz CT molecular complexity index is 1010. The van der Waals surface area contributed by atoms with Crippen molar-refractivity contribution in [2.24, 2.45) is 0 Å². The summed E-state index contributed by atoms with van der Waals surface area (Å²) in [4.78, 5) is 39.4. The number of ether oxygens (including phenoxy) is 1. The number of nitrogens with zero attached hydrogens (tertiary/aromatic N) is 2. The number of carbonyl (C=O) groups is 3. The molecule has 1 aromatic carbocycles. The Labute approximate surface area is 202 Å². The Morgan fingerprint density at radius 2 is 1.79 bits per heavy atom. The highest BCUT2D eigenvalue weighted by Gasteiger charge is 2.26. The number of aromatic amines is 1. The molecule has 0 aliphatic carbocycles. The van der Waals surface area contributed by atoms with Crippen LogP contribution in [0, 0.1) is 0 Å². The van der Waals surface area contributed by atoms with Crippen molar-refractivity contribution in [1.82, 2.24) is 20.4 Å². The zero-order chi connectivity index (χ0) is 24.2. The average Bonchev–Trinajstić information content (AvgIpc) is 3.16. The highest BCUT2D eigenvalue weighted by molar-refractivity contribution is 6.40. The number of esters is 1. The Hall–Kier alpha value is -2.62. The summed E-state index contributed by atoms with van der Waals surface area (Å²) in [5, 5.41) is 12.5. The van der Waals surface area contributed by atoms with E-state index in [4.69, 9.17) is 27.9 Å². The van der Waals surface area contributed by atoms with E-state index in [0.29, 0.717) is 25.9 Å². The van der Waals surface area contributed by atoms with E-state index < -0.39 is 17.4 Å². The molecule has 0 radical (unpaired) electrons. The Morgan fingerprint density at radius 1 is 1.15 bits per heavy atom. The minimum atomic E-state index is -0.545. The van der Waals surface area contributed by atoms with Gasteiger partial charge in [-0.15, -0.1) is 0 Å². The standard InChI is InChI=1S/C22H27Cl2N5O4/c1-22(2,3)33-17(30)12-29-9-7-13(8-10-29)26-21(32)19-16(11-25-28-19)27-20(31)18-14(23)5-4-6-15(18)24/h4-6,11,13H,7-10,12H2,1-3H3,(H,25,28)(H,26,32)(H,27,31). The molecule has 1 fully saturated rings. The molecule has 1 saturated heterocycles. The second-order valence-electron chi connectivity index (χ2n) is 8.81. The maximum absolute atomic E-state index is 12.8. The third-order valence-electron chi connectivity index (χ3n) is 4.99. The largest absolute Gasteiger partial charge is 0.459 e. The second-order valence-corrected chi connectivity index (χ2v) is 9.62. The topological polar surface area (TPSA) is 116 Å². The number of hydrogen-bond donors (Lipinski definition) is 3. The van der Waals surface area contributed by atoms with Gasteiger partial charge in [0, 0.05) is 25.3 Å². The number of aromatic nitrogens is 2. The molecule has 0 spiro atoms. The molecule has 0 bridgehead atoms. The van der Waals surface area contributed by atoms with Crippen LogP contribution in [0.1, 0.15) is 54.5 Å². The van der Waals surface area contributed by atoms with Gasteiger partial charge in [0.1, 0.15) is 5.60 Å². The Morgan fingerprint density at radius 3 is 2.39 bits per heavy atom. The van der Waals surface area contributed by atoms with Crippen LogP contribution in [-0.2, 0) is 9.53 Å². The van der Waals surface area contributed by atoms with E-state index in [1.807, 2.05) is 25.7 Å². The zero-order valence-electron chi connectivity index (χ0n) is 18.7. The summed E-state index contributed by atoms with van der Waals surface area (Å²) < 4.78 is 5.36. The first-order chi connectivity index (χ1) is 15.5. The lowest BCUT2D eigenvalue weighted by atomic mass is 10.0. The number of hydrogen-bond acceptors (Lipinski definition) is 6. The molecule has 2 amide bonds. The average molecular weight is 496 g/mol. The molecule has 1 aromatic heterocycles. The van der Waals surface area contributed by atoms with Crippen molar-refractivity contribution in [3.8, 4) is 0 Å². The molecule has 1 aliphatic rings. The first-order valence-electron chi connectivity index (χ1n) is 10.6. The molecule has 0 unspecified atom stereocenters. The van der Waals surface area contributed by atoms with Gasteiger partial charge in [-0.1, -0.05) is 29.3 Å². The van der Waals surface area contributed by atoms with E-state index >= 15 is 0 Å². The van der Waals surface area contributed by atoms with Crippen molar-refractivity contribution in [3.05, 3.63) is 45.7 Å². The fourth-order valence-electron chi connectivity index (χ4n) is 3.50. The number of H-pyrrole nitrogens is 1. The molecule has 33 heavy (non-hydrogen) atoms. The number of amides is 2. The minimum Gasteiger partial charge on any atom is -0.459 e. The smallest absolute Gasteiger partial charge is 0.320 e. The fourth-order valence-corrected chi connectivity index (χ4v) is 4.07. The van der Waals surface area contributed by atoms with E-state index in [-0.39, 0.29) is 45.5 Å². The first kappa shape index (κ1) is 25.0. The quantitative estimate of drug-likeness (QED) is 0.528. The molecule has 3 rings (SSSR count). The van der Waals surface area contributed by atoms with E-state index in [0.717, 1.165) is 0 Å². The zero-order valence-corrected chi connectivity index (χ0v) is 20.2. The predicted molar refractivity (Wildman–Crippen MR) is 126 cm³/mol. The SMILES string of the molecule is CC(C)(C)OC(=O)CN1CCC(NC(=O)c2n[nH]cc2NC(=O)c2c(Cl)cccc2Cl)CC1. The molecular formula is C22H27Cl2N5O4. The van der Waals surface area contributed by atoms with Gasteiger partial charge in [-0.2, -0.15) is 5.10 Å². The summed E-state index contributed by atoms with van der Waals surface area (Å²) in [6.07, 6.45) is 2.77. The van der Waals surface area contributed by atoms with Gasteiger partial charge < -0.3 is 15.4 Å². The number of carbonyl (C=O) groups excluding carboxylic acids is 3. The molecule has 9 nitrogen and oxygen atoms in total. The van der Waals surface area contributed by atoms with Crippen LogP contribution in [0.3, 0.4) is 0 Å². The lowest BCUT2D eigenvalue weighted by molar-refractivity contribution is -0.156. The Kier molecular flexibility index (Phi) is 7.99. The predicted octanol–water partition coefficient (Wildman–Crippen LogP) is 3.50. The van der Waals surface area contributed by atoms with E-state index in [9.17, 15) is 14.4 Å². The number of anilines is 1. The maximum atomic E-state index is 12.8. The van der Waals surface area contributed by atoms with E-state index in [2.05, 4.69) is 20.8 Å². The van der Waals surface area contributed by atoms with Crippen molar-refractivity contribution < 1.29 is 19.1 Å². The van der Waals surface area contributed by atoms with Crippen LogP contribution in [0.2, 0.25) is 10.0 Å². The van der Waals surface area contributed by atoms with Gasteiger partial charge >= 0.3 is 5.97 Å².